The second-order valence-electron chi connectivity index (χ2n) is 5.70. The Bertz CT molecular complexity index is 922. The first-order valence-corrected chi connectivity index (χ1v) is 8.94. The molecule has 3 rings (SSSR count). The van der Waals surface area contributed by atoms with Crippen LogP contribution in [0.15, 0.2) is 66.7 Å². The molecule has 1 N–H and O–H groups in total. The lowest BCUT2D eigenvalue weighted by atomic mass is 10.1. The van der Waals surface area contributed by atoms with Gasteiger partial charge in [0.2, 0.25) is 0 Å². The minimum absolute atomic E-state index is 0.314. The quantitative estimate of drug-likeness (QED) is 0.564. The molecule has 0 saturated heterocycles. The van der Waals surface area contributed by atoms with Crippen molar-refractivity contribution < 1.29 is 14.3 Å². The second-order valence-corrected chi connectivity index (χ2v) is 6.51. The molecule has 0 bridgehead atoms. The molecule has 27 heavy (non-hydrogen) atoms. The van der Waals surface area contributed by atoms with Crippen molar-refractivity contribution in [2.45, 2.75) is 6.61 Å². The smallest absolute Gasteiger partial charge is 0.259 e. The number of nitrogens with one attached hydrogen (secondary N) is 1. The number of ether oxygens (including phenoxy) is 2. The molecule has 4 nitrogen and oxygen atoms in total. The molecule has 0 heterocycles. The fraction of sp³-hybridized carbons (Fsp3) is 0.0952. The van der Waals surface area contributed by atoms with Gasteiger partial charge in [0.15, 0.2) is 5.75 Å². The molecule has 6 heteroatoms. The Kier molecular flexibility index (Phi) is 6.22. The lowest BCUT2D eigenvalue weighted by Gasteiger charge is -2.13. The number of halogens is 2. The zero-order chi connectivity index (χ0) is 19.2. The predicted molar refractivity (Wildman–Crippen MR) is 108 cm³/mol. The van der Waals surface area contributed by atoms with E-state index < -0.39 is 0 Å². The summed E-state index contributed by atoms with van der Waals surface area (Å²) >= 11 is 12.3. The Labute approximate surface area is 167 Å². The van der Waals surface area contributed by atoms with E-state index in [0.717, 1.165) is 5.56 Å². The van der Waals surface area contributed by atoms with Crippen LogP contribution in [0.2, 0.25) is 10.0 Å². The number of methoxy groups -OCH3 is 1. The summed E-state index contributed by atoms with van der Waals surface area (Å²) in [7, 11) is 1.48. The van der Waals surface area contributed by atoms with E-state index in [1.54, 1.807) is 30.3 Å². The lowest BCUT2D eigenvalue weighted by molar-refractivity contribution is 0.102. The maximum atomic E-state index is 12.7. The average molecular weight is 402 g/mol. The van der Waals surface area contributed by atoms with E-state index in [1.807, 2.05) is 36.4 Å². The van der Waals surface area contributed by atoms with Crippen molar-refractivity contribution in [2.75, 3.05) is 12.4 Å². The third-order valence-corrected chi connectivity index (χ3v) is 4.39. The SMILES string of the molecule is COc1c(Cl)cc(NC(=O)c2ccccc2OCc2ccccc2)cc1Cl. The van der Waals surface area contributed by atoms with Gasteiger partial charge in [-0.15, -0.1) is 0 Å². The van der Waals surface area contributed by atoms with E-state index in [9.17, 15) is 4.79 Å². The lowest BCUT2D eigenvalue weighted by Crippen LogP contribution is -2.13. The van der Waals surface area contributed by atoms with Crippen molar-refractivity contribution in [3.05, 3.63) is 87.9 Å². The Morgan fingerprint density at radius 3 is 2.26 bits per heavy atom. The van der Waals surface area contributed by atoms with Gasteiger partial charge in [-0.3, -0.25) is 4.79 Å². The summed E-state index contributed by atoms with van der Waals surface area (Å²) in [5.41, 5.74) is 1.89. The molecular formula is C21H17Cl2NO3. The molecule has 0 aliphatic carbocycles. The molecule has 0 atom stereocenters. The van der Waals surface area contributed by atoms with Crippen LogP contribution in [0.1, 0.15) is 15.9 Å². The van der Waals surface area contributed by atoms with Crippen molar-refractivity contribution >= 4 is 34.8 Å². The number of hydrogen-bond donors (Lipinski definition) is 1. The maximum absolute atomic E-state index is 12.7. The summed E-state index contributed by atoms with van der Waals surface area (Å²) in [6, 6.07) is 20.0. The molecule has 3 aromatic rings. The van der Waals surface area contributed by atoms with Gasteiger partial charge in [0, 0.05) is 5.69 Å². The predicted octanol–water partition coefficient (Wildman–Crippen LogP) is 5.83. The molecule has 0 aliphatic rings. The zero-order valence-corrected chi connectivity index (χ0v) is 16.1. The average Bonchev–Trinajstić information content (AvgIpc) is 2.67. The van der Waals surface area contributed by atoms with Crippen LogP contribution in [0, 0.1) is 0 Å². The molecular weight excluding hydrogens is 385 g/mol. The fourth-order valence-corrected chi connectivity index (χ4v) is 3.18. The highest BCUT2D eigenvalue weighted by Gasteiger charge is 2.15. The third kappa shape index (κ3) is 4.73. The maximum Gasteiger partial charge on any atom is 0.259 e. The molecule has 138 valence electrons. The van der Waals surface area contributed by atoms with Crippen LogP contribution in [-0.2, 0) is 6.61 Å². The number of hydrogen-bond acceptors (Lipinski definition) is 3. The Morgan fingerprint density at radius 1 is 0.963 bits per heavy atom. The third-order valence-electron chi connectivity index (χ3n) is 3.83. The Morgan fingerprint density at radius 2 is 1.59 bits per heavy atom. The summed E-state index contributed by atoms with van der Waals surface area (Å²) < 4.78 is 10.9. The number of anilines is 1. The van der Waals surface area contributed by atoms with E-state index in [4.69, 9.17) is 32.7 Å². The summed E-state index contributed by atoms with van der Waals surface area (Å²) in [5.74, 6) is 0.531. The first-order chi connectivity index (χ1) is 13.1. The fourth-order valence-electron chi connectivity index (χ4n) is 2.54. The minimum atomic E-state index is -0.323. The van der Waals surface area contributed by atoms with Gasteiger partial charge < -0.3 is 14.8 Å². The minimum Gasteiger partial charge on any atom is -0.494 e. The van der Waals surface area contributed by atoms with Crippen LogP contribution in [0.4, 0.5) is 5.69 Å². The van der Waals surface area contributed by atoms with Gasteiger partial charge in [-0.2, -0.15) is 0 Å². The van der Waals surface area contributed by atoms with Gasteiger partial charge in [-0.25, -0.2) is 0 Å². The summed E-state index contributed by atoms with van der Waals surface area (Å²) in [6.45, 7) is 0.366. The summed E-state index contributed by atoms with van der Waals surface area (Å²) in [5, 5.41) is 3.41. The Hall–Kier alpha value is -2.69. The number of carbonyl (C=O) groups is 1. The number of para-hydroxylation sites is 1. The number of carbonyl (C=O) groups excluding carboxylic acids is 1. The van der Waals surface area contributed by atoms with Crippen molar-refractivity contribution in [2.24, 2.45) is 0 Å². The number of rotatable bonds is 6. The first kappa shape index (κ1) is 19.1. The number of benzene rings is 3. The van der Waals surface area contributed by atoms with Crippen LogP contribution >= 0.6 is 23.2 Å². The van der Waals surface area contributed by atoms with Crippen molar-refractivity contribution in [3.63, 3.8) is 0 Å². The largest absolute Gasteiger partial charge is 0.494 e. The highest BCUT2D eigenvalue weighted by atomic mass is 35.5. The Balaban J connectivity index is 1.77. The van der Waals surface area contributed by atoms with E-state index in [-0.39, 0.29) is 5.91 Å². The van der Waals surface area contributed by atoms with E-state index in [2.05, 4.69) is 5.32 Å². The van der Waals surface area contributed by atoms with E-state index in [0.29, 0.717) is 39.4 Å². The summed E-state index contributed by atoms with van der Waals surface area (Å²) in [4.78, 5) is 12.7. The van der Waals surface area contributed by atoms with Gasteiger partial charge in [0.05, 0.1) is 22.7 Å². The van der Waals surface area contributed by atoms with Crippen molar-refractivity contribution in [3.8, 4) is 11.5 Å². The molecule has 0 aliphatic heterocycles. The van der Waals surface area contributed by atoms with Crippen LogP contribution < -0.4 is 14.8 Å². The van der Waals surface area contributed by atoms with E-state index >= 15 is 0 Å². The zero-order valence-electron chi connectivity index (χ0n) is 14.5. The molecule has 0 saturated carbocycles. The van der Waals surface area contributed by atoms with Gasteiger partial charge in [-0.1, -0.05) is 65.7 Å². The van der Waals surface area contributed by atoms with Gasteiger partial charge >= 0.3 is 0 Å². The normalized spacial score (nSPS) is 10.3. The number of amides is 1. The molecule has 0 spiro atoms. The summed E-state index contributed by atoms with van der Waals surface area (Å²) in [6.07, 6.45) is 0. The van der Waals surface area contributed by atoms with Crippen LogP contribution in [0.25, 0.3) is 0 Å². The van der Waals surface area contributed by atoms with Crippen LogP contribution in [0.5, 0.6) is 11.5 Å². The molecule has 1 amide bonds. The first-order valence-electron chi connectivity index (χ1n) is 8.18. The van der Waals surface area contributed by atoms with Crippen LogP contribution in [-0.4, -0.2) is 13.0 Å². The van der Waals surface area contributed by atoms with Gasteiger partial charge in [-0.05, 0) is 29.8 Å². The van der Waals surface area contributed by atoms with Crippen molar-refractivity contribution in [1.29, 1.82) is 0 Å². The molecule has 0 aromatic heterocycles. The molecule has 0 fully saturated rings. The highest BCUT2D eigenvalue weighted by molar-refractivity contribution is 6.37. The topological polar surface area (TPSA) is 47.6 Å². The van der Waals surface area contributed by atoms with E-state index in [1.165, 1.54) is 7.11 Å². The molecule has 0 unspecified atom stereocenters. The molecule has 0 radical (unpaired) electrons. The standard InChI is InChI=1S/C21H17Cl2NO3/c1-26-20-17(22)11-15(12-18(20)23)24-21(25)16-9-5-6-10-19(16)27-13-14-7-3-2-4-8-14/h2-12H,13H2,1H3,(H,24,25). The molecule has 3 aromatic carbocycles. The van der Waals surface area contributed by atoms with Gasteiger partial charge in [0.25, 0.3) is 5.91 Å². The van der Waals surface area contributed by atoms with Crippen molar-refractivity contribution in [1.82, 2.24) is 0 Å². The second kappa shape index (κ2) is 8.80. The van der Waals surface area contributed by atoms with Gasteiger partial charge in [0.1, 0.15) is 12.4 Å². The monoisotopic (exact) mass is 401 g/mol. The van der Waals surface area contributed by atoms with Crippen LogP contribution in [0.3, 0.4) is 0 Å². The highest BCUT2D eigenvalue weighted by Crippen LogP contribution is 2.36.